The molecule has 0 amide bonds. The lowest BCUT2D eigenvalue weighted by Crippen LogP contribution is -2.49. The Labute approximate surface area is 233 Å². The van der Waals surface area contributed by atoms with Crippen molar-refractivity contribution in [3.63, 3.8) is 0 Å². The van der Waals surface area contributed by atoms with Crippen molar-refractivity contribution in [2.24, 2.45) is 0 Å². The number of hydrogen-bond donors (Lipinski definition) is 1. The van der Waals surface area contributed by atoms with Gasteiger partial charge in [-0.05, 0) is 66.4 Å². The summed E-state index contributed by atoms with van der Waals surface area (Å²) in [6, 6.07) is 12.2. The summed E-state index contributed by atoms with van der Waals surface area (Å²) in [5.41, 5.74) is 4.98. The molecule has 2 aromatic carbocycles. The molecule has 0 bridgehead atoms. The maximum atomic E-state index is 13.7. The van der Waals surface area contributed by atoms with Crippen LogP contribution in [0.5, 0.6) is 11.5 Å². The fourth-order valence-corrected chi connectivity index (χ4v) is 6.32. The van der Waals surface area contributed by atoms with E-state index in [1.165, 1.54) is 29.7 Å². The molecule has 2 fully saturated rings. The monoisotopic (exact) mass is 543 g/mol. The minimum atomic E-state index is -0.377. The maximum absolute atomic E-state index is 13.7. The molecule has 2 aliphatic rings. The van der Waals surface area contributed by atoms with E-state index in [1.807, 2.05) is 16.8 Å². The molecule has 1 atom stereocenters. The van der Waals surface area contributed by atoms with E-state index >= 15 is 0 Å². The van der Waals surface area contributed by atoms with E-state index in [0.717, 1.165) is 50.2 Å². The second-order valence-corrected chi connectivity index (χ2v) is 11.0. The number of anilines is 1. The first-order chi connectivity index (χ1) is 19.5. The lowest BCUT2D eigenvalue weighted by atomic mass is 10.0. The number of fused-ring (bicyclic) bond motifs is 1. The molecule has 0 spiro atoms. The van der Waals surface area contributed by atoms with Crippen molar-refractivity contribution in [1.29, 1.82) is 0 Å². The molecule has 1 unspecified atom stereocenters. The zero-order valence-electron chi connectivity index (χ0n) is 23.7. The average molecular weight is 544 g/mol. The standard InChI is InChI=1S/C30H37N7O3/c1-19-9-10-20(2)25(15-19)35-11-13-36(14-12-35)28(29-32-33-34-37(29)22-7-5-6-8-22)23-16-21-17-26(39-3)27(40-4)18-24(21)31-30(23)38/h9-10,15-18,22,28H,5-8,11-14H2,1-4H3,(H,31,38). The van der Waals surface area contributed by atoms with Crippen LogP contribution in [0.3, 0.4) is 0 Å². The topological polar surface area (TPSA) is 101 Å². The quantitative estimate of drug-likeness (QED) is 0.371. The number of pyridine rings is 1. The molecule has 40 heavy (non-hydrogen) atoms. The molecule has 1 aliphatic carbocycles. The highest BCUT2D eigenvalue weighted by Crippen LogP contribution is 2.36. The fourth-order valence-electron chi connectivity index (χ4n) is 6.32. The summed E-state index contributed by atoms with van der Waals surface area (Å²) >= 11 is 0. The van der Waals surface area contributed by atoms with Gasteiger partial charge in [0.15, 0.2) is 17.3 Å². The first-order valence-electron chi connectivity index (χ1n) is 14.1. The zero-order valence-corrected chi connectivity index (χ0v) is 23.7. The van der Waals surface area contributed by atoms with E-state index in [4.69, 9.17) is 9.47 Å². The number of tetrazole rings is 1. The van der Waals surface area contributed by atoms with Crippen LogP contribution in [0.1, 0.15) is 60.3 Å². The molecule has 1 N–H and O–H groups in total. The van der Waals surface area contributed by atoms with Gasteiger partial charge in [-0.1, -0.05) is 25.0 Å². The molecule has 210 valence electrons. The SMILES string of the molecule is COc1cc2cc(C(c3nnnn3C3CCCC3)N3CCN(c4cc(C)ccc4C)CC3)c(=O)[nH]c2cc1OC. The smallest absolute Gasteiger partial charge is 0.253 e. The summed E-state index contributed by atoms with van der Waals surface area (Å²) in [5.74, 6) is 1.92. The van der Waals surface area contributed by atoms with Crippen molar-refractivity contribution in [2.75, 3.05) is 45.3 Å². The number of benzene rings is 2. The molecule has 10 heteroatoms. The zero-order chi connectivity index (χ0) is 27.8. The minimum Gasteiger partial charge on any atom is -0.493 e. The lowest BCUT2D eigenvalue weighted by molar-refractivity contribution is 0.196. The van der Waals surface area contributed by atoms with Crippen molar-refractivity contribution >= 4 is 16.6 Å². The predicted octanol–water partition coefficient (Wildman–Crippen LogP) is 4.18. The van der Waals surface area contributed by atoms with Gasteiger partial charge in [0.25, 0.3) is 5.56 Å². The Morgan fingerprint density at radius 2 is 1.68 bits per heavy atom. The Morgan fingerprint density at radius 1 is 0.950 bits per heavy atom. The van der Waals surface area contributed by atoms with Crippen LogP contribution in [0.25, 0.3) is 10.9 Å². The van der Waals surface area contributed by atoms with Gasteiger partial charge < -0.3 is 19.4 Å². The lowest BCUT2D eigenvalue weighted by Gasteiger charge is -2.40. The third-order valence-electron chi connectivity index (χ3n) is 8.49. The predicted molar refractivity (Wildman–Crippen MR) is 155 cm³/mol. The summed E-state index contributed by atoms with van der Waals surface area (Å²) in [7, 11) is 3.21. The Morgan fingerprint density at radius 3 is 2.40 bits per heavy atom. The first kappa shape index (κ1) is 26.3. The van der Waals surface area contributed by atoms with E-state index in [0.29, 0.717) is 22.6 Å². The molecule has 1 aliphatic heterocycles. The normalized spacial score (nSPS) is 17.4. The Hall–Kier alpha value is -3.92. The number of rotatable bonds is 7. The van der Waals surface area contributed by atoms with E-state index in [-0.39, 0.29) is 17.6 Å². The summed E-state index contributed by atoms with van der Waals surface area (Å²) in [6.07, 6.45) is 4.44. The largest absolute Gasteiger partial charge is 0.493 e. The summed E-state index contributed by atoms with van der Waals surface area (Å²) < 4.78 is 13.0. The van der Waals surface area contributed by atoms with Crippen LogP contribution >= 0.6 is 0 Å². The van der Waals surface area contributed by atoms with Crippen molar-refractivity contribution in [1.82, 2.24) is 30.1 Å². The number of nitrogens with zero attached hydrogens (tertiary/aromatic N) is 6. The number of ether oxygens (including phenoxy) is 2. The second kappa shape index (κ2) is 10.9. The van der Waals surface area contributed by atoms with E-state index in [1.54, 1.807) is 20.3 Å². The molecule has 0 radical (unpaired) electrons. The molecule has 1 saturated carbocycles. The van der Waals surface area contributed by atoms with Gasteiger partial charge in [0.05, 0.1) is 25.8 Å². The highest BCUT2D eigenvalue weighted by Gasteiger charge is 2.35. The van der Waals surface area contributed by atoms with Gasteiger partial charge in [0, 0.05) is 48.9 Å². The van der Waals surface area contributed by atoms with Gasteiger partial charge in [0.2, 0.25) is 0 Å². The number of piperazine rings is 1. The average Bonchev–Trinajstić information content (AvgIpc) is 3.67. The van der Waals surface area contributed by atoms with Crippen molar-refractivity contribution < 1.29 is 9.47 Å². The minimum absolute atomic E-state index is 0.150. The molecule has 3 heterocycles. The summed E-state index contributed by atoms with van der Waals surface area (Å²) in [6.45, 7) is 7.55. The van der Waals surface area contributed by atoms with Gasteiger partial charge in [-0.25, -0.2) is 4.68 Å². The summed E-state index contributed by atoms with van der Waals surface area (Å²) in [4.78, 5) is 21.6. The van der Waals surface area contributed by atoms with E-state index in [9.17, 15) is 4.79 Å². The van der Waals surface area contributed by atoms with Crippen LogP contribution < -0.4 is 19.9 Å². The molecule has 2 aromatic heterocycles. The van der Waals surface area contributed by atoms with Gasteiger partial charge in [0.1, 0.15) is 6.04 Å². The van der Waals surface area contributed by atoms with Crippen LogP contribution in [0, 0.1) is 13.8 Å². The van der Waals surface area contributed by atoms with E-state index in [2.05, 4.69) is 62.4 Å². The van der Waals surface area contributed by atoms with Crippen LogP contribution in [0.15, 0.2) is 41.2 Å². The van der Waals surface area contributed by atoms with Gasteiger partial charge >= 0.3 is 0 Å². The molecular formula is C30H37N7O3. The van der Waals surface area contributed by atoms with Gasteiger partial charge in [-0.15, -0.1) is 5.10 Å². The number of aromatic nitrogens is 5. The molecular weight excluding hydrogens is 506 g/mol. The summed E-state index contributed by atoms with van der Waals surface area (Å²) in [5, 5.41) is 14.0. The highest BCUT2D eigenvalue weighted by molar-refractivity contribution is 5.83. The fraction of sp³-hybridized carbons (Fsp3) is 0.467. The molecule has 1 saturated heterocycles. The Bertz CT molecular complexity index is 1570. The third-order valence-corrected chi connectivity index (χ3v) is 8.49. The third kappa shape index (κ3) is 4.81. The second-order valence-electron chi connectivity index (χ2n) is 11.0. The van der Waals surface area contributed by atoms with Crippen molar-refractivity contribution in [3.8, 4) is 11.5 Å². The number of aryl methyl sites for hydroxylation is 2. The van der Waals surface area contributed by atoms with Gasteiger partial charge in [-0.2, -0.15) is 0 Å². The van der Waals surface area contributed by atoms with Crippen LogP contribution in [-0.4, -0.2) is 70.5 Å². The molecule has 10 nitrogen and oxygen atoms in total. The van der Waals surface area contributed by atoms with Crippen LogP contribution in [0.2, 0.25) is 0 Å². The first-order valence-corrected chi connectivity index (χ1v) is 14.1. The van der Waals surface area contributed by atoms with Crippen LogP contribution in [-0.2, 0) is 0 Å². The number of nitrogens with one attached hydrogen (secondary N) is 1. The van der Waals surface area contributed by atoms with E-state index < -0.39 is 0 Å². The number of hydrogen-bond acceptors (Lipinski definition) is 8. The van der Waals surface area contributed by atoms with Crippen LogP contribution in [0.4, 0.5) is 5.69 Å². The molecule has 6 rings (SSSR count). The van der Waals surface area contributed by atoms with Crippen molar-refractivity contribution in [2.45, 2.75) is 51.6 Å². The molecule has 4 aromatic rings. The van der Waals surface area contributed by atoms with Gasteiger partial charge in [-0.3, -0.25) is 9.69 Å². The maximum Gasteiger partial charge on any atom is 0.253 e. The Balaban J connectivity index is 1.41. The number of methoxy groups -OCH3 is 2. The number of aromatic amines is 1. The number of H-pyrrole nitrogens is 1. The Kier molecular flexibility index (Phi) is 7.18. The highest BCUT2D eigenvalue weighted by atomic mass is 16.5. The van der Waals surface area contributed by atoms with Crippen molar-refractivity contribution in [3.05, 3.63) is 69.3 Å².